The van der Waals surface area contributed by atoms with Crippen LogP contribution in [0.25, 0.3) is 0 Å². The fourth-order valence-electron chi connectivity index (χ4n) is 1.56. The first kappa shape index (κ1) is 12.7. The van der Waals surface area contributed by atoms with E-state index in [1.54, 1.807) is 17.5 Å². The molecule has 1 unspecified atom stereocenters. The molecule has 1 atom stereocenters. The van der Waals surface area contributed by atoms with E-state index in [1.165, 1.54) is 5.56 Å². The van der Waals surface area contributed by atoms with Gasteiger partial charge in [-0.15, -0.1) is 0 Å². The maximum absolute atomic E-state index is 8.43. The van der Waals surface area contributed by atoms with Gasteiger partial charge in [-0.05, 0) is 48.6 Å². The van der Waals surface area contributed by atoms with E-state index in [4.69, 9.17) is 5.26 Å². The van der Waals surface area contributed by atoms with Gasteiger partial charge in [-0.3, -0.25) is 0 Å². The van der Waals surface area contributed by atoms with Crippen molar-refractivity contribution in [1.82, 2.24) is 5.32 Å². The van der Waals surface area contributed by atoms with Gasteiger partial charge in [0.1, 0.15) is 5.84 Å². The molecular formula is C12H17N3S. The Bertz CT molecular complexity index is 362. The van der Waals surface area contributed by atoms with Gasteiger partial charge in [0.2, 0.25) is 6.19 Å². The molecule has 1 rings (SSSR count). The molecule has 0 amide bonds. The van der Waals surface area contributed by atoms with Crippen molar-refractivity contribution in [3.8, 4) is 6.19 Å². The van der Waals surface area contributed by atoms with E-state index in [0.717, 1.165) is 19.3 Å². The fraction of sp³-hybridized carbons (Fsp3) is 0.500. The number of nitrogens with one attached hydrogen (secondary N) is 1. The zero-order chi connectivity index (χ0) is 11.8. The van der Waals surface area contributed by atoms with Gasteiger partial charge in [-0.25, -0.2) is 0 Å². The van der Waals surface area contributed by atoms with E-state index in [9.17, 15) is 0 Å². The van der Waals surface area contributed by atoms with Gasteiger partial charge < -0.3 is 5.32 Å². The number of hydrogen-bond donors (Lipinski definition) is 1. The van der Waals surface area contributed by atoms with Crippen LogP contribution in [0.2, 0.25) is 0 Å². The summed E-state index contributed by atoms with van der Waals surface area (Å²) in [5.74, 6) is 0.708. The van der Waals surface area contributed by atoms with Crippen molar-refractivity contribution in [3.05, 3.63) is 22.4 Å². The van der Waals surface area contributed by atoms with Crippen LogP contribution in [-0.4, -0.2) is 11.9 Å². The second-order valence-electron chi connectivity index (χ2n) is 3.72. The van der Waals surface area contributed by atoms with Gasteiger partial charge in [0.25, 0.3) is 0 Å². The summed E-state index contributed by atoms with van der Waals surface area (Å²) in [6, 6.07) is 2.56. The molecule has 0 spiro atoms. The van der Waals surface area contributed by atoms with E-state index in [2.05, 4.69) is 34.1 Å². The van der Waals surface area contributed by atoms with Gasteiger partial charge in [-0.2, -0.15) is 21.6 Å². The molecule has 0 radical (unpaired) electrons. The molecule has 0 saturated carbocycles. The van der Waals surface area contributed by atoms with Gasteiger partial charge in [0.05, 0.1) is 0 Å². The minimum absolute atomic E-state index is 0.400. The average molecular weight is 235 g/mol. The monoisotopic (exact) mass is 235 g/mol. The first-order valence-corrected chi connectivity index (χ1v) is 6.41. The van der Waals surface area contributed by atoms with E-state index >= 15 is 0 Å². The third-order valence-electron chi connectivity index (χ3n) is 2.49. The highest BCUT2D eigenvalue weighted by atomic mass is 32.1. The molecule has 1 aromatic rings. The van der Waals surface area contributed by atoms with Crippen LogP contribution in [0.4, 0.5) is 0 Å². The molecule has 0 aromatic carbocycles. The summed E-state index contributed by atoms with van der Waals surface area (Å²) in [4.78, 5) is 3.67. The fourth-order valence-corrected chi connectivity index (χ4v) is 2.26. The highest BCUT2D eigenvalue weighted by Crippen LogP contribution is 2.11. The van der Waals surface area contributed by atoms with Crippen LogP contribution in [0.1, 0.15) is 32.3 Å². The SMILES string of the molecule is CCC(CCc1ccsc1)N/C(C)=N/C#N. The number of amidine groups is 1. The van der Waals surface area contributed by atoms with Gasteiger partial charge in [0.15, 0.2) is 0 Å². The van der Waals surface area contributed by atoms with Crippen molar-refractivity contribution >= 4 is 17.2 Å². The van der Waals surface area contributed by atoms with Crippen LogP contribution in [0.3, 0.4) is 0 Å². The summed E-state index contributed by atoms with van der Waals surface area (Å²) in [5, 5.41) is 16.0. The van der Waals surface area contributed by atoms with Crippen molar-refractivity contribution in [3.63, 3.8) is 0 Å². The molecule has 0 saturated heterocycles. The summed E-state index contributed by atoms with van der Waals surface area (Å²) in [5.41, 5.74) is 1.39. The number of rotatable bonds is 5. The summed E-state index contributed by atoms with van der Waals surface area (Å²) in [6.45, 7) is 3.97. The number of nitrogens with zero attached hydrogens (tertiary/aromatic N) is 2. The van der Waals surface area contributed by atoms with Crippen LogP contribution in [0.15, 0.2) is 21.8 Å². The topological polar surface area (TPSA) is 48.2 Å². The number of nitriles is 1. The van der Waals surface area contributed by atoms with E-state index in [1.807, 2.05) is 6.92 Å². The zero-order valence-corrected chi connectivity index (χ0v) is 10.5. The number of aliphatic imine (C=N–C) groups is 1. The van der Waals surface area contributed by atoms with Crippen molar-refractivity contribution < 1.29 is 0 Å². The van der Waals surface area contributed by atoms with E-state index < -0.39 is 0 Å². The molecule has 0 bridgehead atoms. The molecular weight excluding hydrogens is 218 g/mol. The van der Waals surface area contributed by atoms with Crippen LogP contribution >= 0.6 is 11.3 Å². The Kier molecular flexibility index (Phi) is 5.58. The lowest BCUT2D eigenvalue weighted by atomic mass is 10.1. The van der Waals surface area contributed by atoms with Crippen LogP contribution in [0, 0.1) is 11.5 Å². The minimum atomic E-state index is 0.400. The Labute approximate surface area is 101 Å². The maximum atomic E-state index is 8.43. The standard InChI is InChI=1S/C12H17N3S/c1-3-12(15-10(2)14-9-13)5-4-11-6-7-16-8-11/h6-8,12H,3-5H2,1-2H3,(H,14,15). The lowest BCUT2D eigenvalue weighted by molar-refractivity contribution is 0.543. The molecule has 0 aliphatic heterocycles. The molecule has 4 heteroatoms. The van der Waals surface area contributed by atoms with Gasteiger partial charge in [-0.1, -0.05) is 6.92 Å². The lowest BCUT2D eigenvalue weighted by Crippen LogP contribution is -2.32. The Balaban J connectivity index is 2.38. The molecule has 1 aromatic heterocycles. The van der Waals surface area contributed by atoms with Crippen molar-refractivity contribution in [2.45, 2.75) is 39.2 Å². The van der Waals surface area contributed by atoms with Crippen molar-refractivity contribution in [1.29, 1.82) is 5.26 Å². The molecule has 0 aliphatic rings. The summed E-state index contributed by atoms with van der Waals surface area (Å²) >= 11 is 1.73. The minimum Gasteiger partial charge on any atom is -0.370 e. The summed E-state index contributed by atoms with van der Waals surface area (Å²) in [6.07, 6.45) is 4.99. The smallest absolute Gasteiger partial charge is 0.207 e. The van der Waals surface area contributed by atoms with Crippen LogP contribution < -0.4 is 5.32 Å². The first-order valence-electron chi connectivity index (χ1n) is 5.47. The molecule has 1 N–H and O–H groups in total. The zero-order valence-electron chi connectivity index (χ0n) is 9.73. The first-order chi connectivity index (χ1) is 7.76. The number of thiophene rings is 1. The lowest BCUT2D eigenvalue weighted by Gasteiger charge is -2.16. The Hall–Kier alpha value is -1.34. The largest absolute Gasteiger partial charge is 0.370 e. The average Bonchev–Trinajstić information content (AvgIpc) is 2.77. The van der Waals surface area contributed by atoms with Crippen molar-refractivity contribution in [2.75, 3.05) is 0 Å². The summed E-state index contributed by atoms with van der Waals surface area (Å²) in [7, 11) is 0. The third-order valence-corrected chi connectivity index (χ3v) is 3.22. The molecule has 3 nitrogen and oxygen atoms in total. The number of hydrogen-bond acceptors (Lipinski definition) is 3. The molecule has 0 aliphatic carbocycles. The molecule has 86 valence electrons. The quantitative estimate of drug-likeness (QED) is 0.484. The van der Waals surface area contributed by atoms with Crippen molar-refractivity contribution in [2.24, 2.45) is 4.99 Å². The van der Waals surface area contributed by atoms with Gasteiger partial charge in [0, 0.05) is 6.04 Å². The predicted molar refractivity (Wildman–Crippen MR) is 68.6 cm³/mol. The second kappa shape index (κ2) is 7.02. The molecule has 16 heavy (non-hydrogen) atoms. The molecule has 1 heterocycles. The second-order valence-corrected chi connectivity index (χ2v) is 4.50. The van der Waals surface area contributed by atoms with Crippen LogP contribution in [-0.2, 0) is 6.42 Å². The summed E-state index contributed by atoms with van der Waals surface area (Å²) < 4.78 is 0. The normalized spacial score (nSPS) is 13.2. The van der Waals surface area contributed by atoms with E-state index in [0.29, 0.717) is 11.9 Å². The Morgan fingerprint density at radius 1 is 1.69 bits per heavy atom. The van der Waals surface area contributed by atoms with Crippen LogP contribution in [0.5, 0.6) is 0 Å². The highest BCUT2D eigenvalue weighted by Gasteiger charge is 2.06. The van der Waals surface area contributed by atoms with Gasteiger partial charge >= 0.3 is 0 Å². The number of aryl methyl sites for hydroxylation is 1. The Morgan fingerprint density at radius 2 is 2.50 bits per heavy atom. The van der Waals surface area contributed by atoms with E-state index in [-0.39, 0.29) is 0 Å². The highest BCUT2D eigenvalue weighted by molar-refractivity contribution is 7.07. The third kappa shape index (κ3) is 4.45. The Morgan fingerprint density at radius 3 is 3.06 bits per heavy atom. The maximum Gasteiger partial charge on any atom is 0.207 e. The predicted octanol–water partition coefficient (Wildman–Crippen LogP) is 2.95. The molecule has 0 fully saturated rings.